The van der Waals surface area contributed by atoms with Crippen molar-refractivity contribution in [3.63, 3.8) is 0 Å². The SMILES string of the molecule is O=C(NCc1ccc(-n2cccn2)nc1)[C@@H]1CC=CCC1. The minimum atomic E-state index is 0.117. The Morgan fingerprint density at radius 1 is 1.38 bits per heavy atom. The van der Waals surface area contributed by atoms with Crippen LogP contribution >= 0.6 is 0 Å². The molecule has 1 N–H and O–H groups in total. The molecule has 0 spiro atoms. The Balaban J connectivity index is 1.56. The Hall–Kier alpha value is -2.43. The van der Waals surface area contributed by atoms with Crippen LogP contribution in [0.25, 0.3) is 5.82 Å². The fourth-order valence-electron chi connectivity index (χ4n) is 2.43. The van der Waals surface area contributed by atoms with Gasteiger partial charge in [0.1, 0.15) is 0 Å². The first-order valence-corrected chi connectivity index (χ1v) is 7.20. The third-order valence-electron chi connectivity index (χ3n) is 3.65. The zero-order valence-electron chi connectivity index (χ0n) is 11.8. The second kappa shape index (κ2) is 6.35. The summed E-state index contributed by atoms with van der Waals surface area (Å²) in [5.74, 6) is 1.02. The predicted molar refractivity (Wildman–Crippen MR) is 79.7 cm³/mol. The van der Waals surface area contributed by atoms with Crippen LogP contribution in [0.15, 0.2) is 48.9 Å². The van der Waals surface area contributed by atoms with Gasteiger partial charge >= 0.3 is 0 Å². The Morgan fingerprint density at radius 2 is 2.33 bits per heavy atom. The van der Waals surface area contributed by atoms with Gasteiger partial charge in [-0.25, -0.2) is 9.67 Å². The first-order valence-electron chi connectivity index (χ1n) is 7.20. The van der Waals surface area contributed by atoms with Crippen molar-refractivity contribution < 1.29 is 4.79 Å². The Morgan fingerprint density at radius 3 is 3.00 bits per heavy atom. The van der Waals surface area contributed by atoms with E-state index in [9.17, 15) is 4.79 Å². The first kappa shape index (κ1) is 13.5. The zero-order chi connectivity index (χ0) is 14.5. The van der Waals surface area contributed by atoms with E-state index in [1.54, 1.807) is 17.1 Å². The summed E-state index contributed by atoms with van der Waals surface area (Å²) in [6.45, 7) is 0.519. The molecule has 0 radical (unpaired) electrons. The number of rotatable bonds is 4. The van der Waals surface area contributed by atoms with Crippen molar-refractivity contribution in [1.29, 1.82) is 0 Å². The highest BCUT2D eigenvalue weighted by atomic mass is 16.1. The molecule has 0 saturated heterocycles. The predicted octanol–water partition coefficient (Wildman–Crippen LogP) is 2.24. The van der Waals surface area contributed by atoms with Crippen LogP contribution in [0.5, 0.6) is 0 Å². The van der Waals surface area contributed by atoms with E-state index in [-0.39, 0.29) is 11.8 Å². The zero-order valence-corrected chi connectivity index (χ0v) is 11.8. The highest BCUT2D eigenvalue weighted by Gasteiger charge is 2.17. The summed E-state index contributed by atoms with van der Waals surface area (Å²) in [5, 5.41) is 7.12. The molecule has 0 saturated carbocycles. The average molecular weight is 282 g/mol. The largest absolute Gasteiger partial charge is 0.352 e. The van der Waals surface area contributed by atoms with Crippen LogP contribution in [-0.4, -0.2) is 20.7 Å². The third kappa shape index (κ3) is 3.37. The molecule has 108 valence electrons. The number of nitrogens with zero attached hydrogens (tertiary/aromatic N) is 3. The summed E-state index contributed by atoms with van der Waals surface area (Å²) >= 11 is 0. The van der Waals surface area contributed by atoms with Crippen molar-refractivity contribution >= 4 is 5.91 Å². The summed E-state index contributed by atoms with van der Waals surface area (Å²) in [4.78, 5) is 16.4. The van der Waals surface area contributed by atoms with Gasteiger partial charge in [0.15, 0.2) is 5.82 Å². The van der Waals surface area contributed by atoms with Gasteiger partial charge in [-0.3, -0.25) is 4.79 Å². The van der Waals surface area contributed by atoms with Gasteiger partial charge in [0, 0.05) is 31.1 Å². The fraction of sp³-hybridized carbons (Fsp3) is 0.312. The molecule has 5 nitrogen and oxygen atoms in total. The van der Waals surface area contributed by atoms with E-state index in [4.69, 9.17) is 0 Å². The van der Waals surface area contributed by atoms with E-state index >= 15 is 0 Å². The molecule has 5 heteroatoms. The monoisotopic (exact) mass is 282 g/mol. The number of amides is 1. The summed E-state index contributed by atoms with van der Waals surface area (Å²) in [6.07, 6.45) is 12.4. The minimum absolute atomic E-state index is 0.117. The lowest BCUT2D eigenvalue weighted by Crippen LogP contribution is -2.30. The molecule has 0 bridgehead atoms. The molecular formula is C16H18N4O. The van der Waals surface area contributed by atoms with E-state index in [1.165, 1.54) is 0 Å². The van der Waals surface area contributed by atoms with Crippen LogP contribution in [0.2, 0.25) is 0 Å². The van der Waals surface area contributed by atoms with Gasteiger partial charge in [-0.15, -0.1) is 0 Å². The maximum atomic E-state index is 12.0. The van der Waals surface area contributed by atoms with Gasteiger partial charge in [-0.05, 0) is 37.0 Å². The summed E-state index contributed by atoms with van der Waals surface area (Å²) in [6, 6.07) is 5.72. The molecule has 2 aromatic rings. The number of nitrogens with one attached hydrogen (secondary N) is 1. The first-order chi connectivity index (χ1) is 10.3. The molecule has 1 aliphatic rings. The Kier molecular flexibility index (Phi) is 4.09. The van der Waals surface area contributed by atoms with Gasteiger partial charge in [0.05, 0.1) is 0 Å². The average Bonchev–Trinajstić information content (AvgIpc) is 3.08. The lowest BCUT2D eigenvalue weighted by atomic mass is 9.93. The number of allylic oxidation sites excluding steroid dienone is 2. The van der Waals surface area contributed by atoms with E-state index < -0.39 is 0 Å². The second-order valence-corrected chi connectivity index (χ2v) is 5.17. The topological polar surface area (TPSA) is 59.8 Å². The molecule has 21 heavy (non-hydrogen) atoms. The number of pyridine rings is 1. The molecule has 0 unspecified atom stereocenters. The quantitative estimate of drug-likeness (QED) is 0.875. The summed E-state index contributed by atoms with van der Waals surface area (Å²) in [5.41, 5.74) is 0.991. The number of carbonyl (C=O) groups is 1. The standard InChI is InChI=1S/C16H18N4O/c21-16(14-5-2-1-3-6-14)18-12-13-7-8-15(17-11-13)20-10-4-9-19-20/h1-2,4,7-11,14H,3,5-6,12H2,(H,18,21)/t14-/m1/s1. The molecule has 2 aromatic heterocycles. The Bertz CT molecular complexity index is 616. The van der Waals surface area contributed by atoms with Crippen molar-refractivity contribution in [3.05, 3.63) is 54.5 Å². The molecule has 2 heterocycles. The Labute approximate surface area is 123 Å². The summed E-state index contributed by atoms with van der Waals surface area (Å²) < 4.78 is 1.71. The van der Waals surface area contributed by atoms with Gasteiger partial charge in [0.25, 0.3) is 0 Å². The number of hydrogen-bond donors (Lipinski definition) is 1. The van der Waals surface area contributed by atoms with E-state index in [0.717, 1.165) is 30.6 Å². The van der Waals surface area contributed by atoms with Gasteiger partial charge in [-0.2, -0.15) is 5.10 Å². The van der Waals surface area contributed by atoms with Crippen LogP contribution in [-0.2, 0) is 11.3 Å². The molecule has 0 aromatic carbocycles. The van der Waals surface area contributed by atoms with Crippen molar-refractivity contribution in [1.82, 2.24) is 20.1 Å². The van der Waals surface area contributed by atoms with Crippen LogP contribution in [0, 0.1) is 5.92 Å². The van der Waals surface area contributed by atoms with Gasteiger partial charge in [0.2, 0.25) is 5.91 Å². The van der Waals surface area contributed by atoms with E-state index in [0.29, 0.717) is 6.54 Å². The minimum Gasteiger partial charge on any atom is -0.352 e. The number of aromatic nitrogens is 3. The van der Waals surface area contributed by atoms with Crippen molar-refractivity contribution in [3.8, 4) is 5.82 Å². The van der Waals surface area contributed by atoms with Gasteiger partial charge in [-0.1, -0.05) is 18.2 Å². The summed E-state index contributed by atoms with van der Waals surface area (Å²) in [7, 11) is 0. The number of hydrogen-bond acceptors (Lipinski definition) is 3. The van der Waals surface area contributed by atoms with Crippen LogP contribution in [0.4, 0.5) is 0 Å². The highest BCUT2D eigenvalue weighted by Crippen LogP contribution is 2.18. The third-order valence-corrected chi connectivity index (χ3v) is 3.65. The van der Waals surface area contributed by atoms with Crippen LogP contribution in [0.3, 0.4) is 0 Å². The van der Waals surface area contributed by atoms with Crippen molar-refractivity contribution in [2.24, 2.45) is 5.92 Å². The van der Waals surface area contributed by atoms with E-state index in [2.05, 4.69) is 27.6 Å². The maximum Gasteiger partial charge on any atom is 0.223 e. The van der Waals surface area contributed by atoms with Crippen LogP contribution < -0.4 is 5.32 Å². The second-order valence-electron chi connectivity index (χ2n) is 5.17. The lowest BCUT2D eigenvalue weighted by molar-refractivity contribution is -0.125. The lowest BCUT2D eigenvalue weighted by Gasteiger charge is -2.17. The van der Waals surface area contributed by atoms with Crippen molar-refractivity contribution in [2.75, 3.05) is 0 Å². The fourth-order valence-corrected chi connectivity index (χ4v) is 2.43. The number of carbonyl (C=O) groups excluding carboxylic acids is 1. The van der Waals surface area contributed by atoms with E-state index in [1.807, 2.05) is 24.4 Å². The molecule has 0 aliphatic heterocycles. The molecule has 0 fully saturated rings. The van der Waals surface area contributed by atoms with Crippen molar-refractivity contribution in [2.45, 2.75) is 25.8 Å². The molecule has 1 atom stereocenters. The molecular weight excluding hydrogens is 264 g/mol. The smallest absolute Gasteiger partial charge is 0.223 e. The molecule has 3 rings (SSSR count). The highest BCUT2D eigenvalue weighted by molar-refractivity contribution is 5.78. The maximum absolute atomic E-state index is 12.0. The van der Waals surface area contributed by atoms with Crippen LogP contribution in [0.1, 0.15) is 24.8 Å². The normalized spacial score (nSPS) is 17.6. The molecule has 1 amide bonds. The molecule has 1 aliphatic carbocycles. The van der Waals surface area contributed by atoms with Gasteiger partial charge < -0.3 is 5.32 Å².